The maximum absolute atomic E-state index is 13.1. The first kappa shape index (κ1) is 23.5. The van der Waals surface area contributed by atoms with Crippen molar-refractivity contribution in [2.75, 3.05) is 20.2 Å². The number of carbonyl (C=O) groups is 2. The smallest absolute Gasteiger partial charge is 0.360 e. The standard InChI is InChI=1S/C24H27FN6O3/c1-16-4-3-5-19(27-16)13-30-14-20(31-15-21(28-29-31)24(33)34-2)12-22(30)23(32)26-11-10-17-6-8-18(25)9-7-17/h3-9,15,20,22H,10-14H2,1-2H3,(H,26,32)/t20-,22+/m1/s1. The summed E-state index contributed by atoms with van der Waals surface area (Å²) in [6.07, 6.45) is 2.67. The van der Waals surface area contributed by atoms with Crippen molar-refractivity contribution in [1.29, 1.82) is 0 Å². The van der Waals surface area contributed by atoms with Gasteiger partial charge in [-0.1, -0.05) is 23.4 Å². The van der Waals surface area contributed by atoms with Crippen LogP contribution in [0, 0.1) is 12.7 Å². The molecule has 1 aromatic carbocycles. The van der Waals surface area contributed by atoms with Gasteiger partial charge in [0.2, 0.25) is 5.91 Å². The van der Waals surface area contributed by atoms with E-state index in [0.29, 0.717) is 32.5 Å². The third-order valence-corrected chi connectivity index (χ3v) is 5.90. The lowest BCUT2D eigenvalue weighted by Gasteiger charge is -2.23. The van der Waals surface area contributed by atoms with Crippen LogP contribution in [0.4, 0.5) is 4.39 Å². The van der Waals surface area contributed by atoms with Crippen LogP contribution in [-0.4, -0.2) is 63.0 Å². The number of likely N-dealkylation sites (tertiary alicyclic amines) is 1. The van der Waals surface area contributed by atoms with Crippen LogP contribution in [0.25, 0.3) is 0 Å². The van der Waals surface area contributed by atoms with Crippen molar-refractivity contribution < 1.29 is 18.7 Å². The maximum Gasteiger partial charge on any atom is 0.360 e. The molecule has 1 fully saturated rings. The molecule has 4 rings (SSSR count). The number of aromatic nitrogens is 4. The molecule has 0 aliphatic carbocycles. The second kappa shape index (κ2) is 10.5. The maximum atomic E-state index is 13.1. The molecule has 34 heavy (non-hydrogen) atoms. The molecule has 1 aliphatic rings. The topological polar surface area (TPSA) is 102 Å². The summed E-state index contributed by atoms with van der Waals surface area (Å²) in [7, 11) is 1.29. The van der Waals surface area contributed by atoms with Crippen molar-refractivity contribution in [2.45, 2.75) is 38.4 Å². The van der Waals surface area contributed by atoms with Crippen molar-refractivity contribution in [1.82, 2.24) is 30.2 Å². The monoisotopic (exact) mass is 466 g/mol. The van der Waals surface area contributed by atoms with Crippen molar-refractivity contribution >= 4 is 11.9 Å². The molecule has 0 unspecified atom stereocenters. The number of nitrogens with one attached hydrogen (secondary N) is 1. The highest BCUT2D eigenvalue weighted by Crippen LogP contribution is 2.28. The highest BCUT2D eigenvalue weighted by molar-refractivity contribution is 5.86. The van der Waals surface area contributed by atoms with Gasteiger partial charge in [0.25, 0.3) is 0 Å². The third-order valence-electron chi connectivity index (χ3n) is 5.90. The fourth-order valence-corrected chi connectivity index (χ4v) is 4.17. The highest BCUT2D eigenvalue weighted by atomic mass is 19.1. The van der Waals surface area contributed by atoms with Crippen molar-refractivity contribution in [3.05, 3.63) is 77.1 Å². The third kappa shape index (κ3) is 5.63. The van der Waals surface area contributed by atoms with Gasteiger partial charge in [-0.15, -0.1) is 5.10 Å². The van der Waals surface area contributed by atoms with Crippen LogP contribution >= 0.6 is 0 Å². The fraction of sp³-hybridized carbons (Fsp3) is 0.375. The van der Waals surface area contributed by atoms with E-state index in [1.807, 2.05) is 25.1 Å². The van der Waals surface area contributed by atoms with Crippen LogP contribution in [0.15, 0.2) is 48.7 Å². The number of esters is 1. The van der Waals surface area contributed by atoms with Gasteiger partial charge in [-0.05, 0) is 49.6 Å². The zero-order valence-corrected chi connectivity index (χ0v) is 19.1. The van der Waals surface area contributed by atoms with E-state index in [9.17, 15) is 14.0 Å². The van der Waals surface area contributed by atoms with Gasteiger partial charge >= 0.3 is 5.97 Å². The Hall–Kier alpha value is -3.66. The number of carbonyl (C=O) groups excluding carboxylic acids is 2. The molecule has 0 bridgehead atoms. The lowest BCUT2D eigenvalue weighted by Crippen LogP contribution is -2.43. The summed E-state index contributed by atoms with van der Waals surface area (Å²) in [5.74, 6) is -0.931. The largest absolute Gasteiger partial charge is 0.464 e. The van der Waals surface area contributed by atoms with Crippen molar-refractivity contribution in [3.63, 3.8) is 0 Å². The van der Waals surface area contributed by atoms with Gasteiger partial charge in [0.15, 0.2) is 5.69 Å². The fourth-order valence-electron chi connectivity index (χ4n) is 4.17. The molecule has 178 valence electrons. The van der Waals surface area contributed by atoms with Crippen molar-refractivity contribution in [2.24, 2.45) is 0 Å². The second-order valence-electron chi connectivity index (χ2n) is 8.35. The zero-order valence-electron chi connectivity index (χ0n) is 19.1. The lowest BCUT2D eigenvalue weighted by molar-refractivity contribution is -0.125. The number of aryl methyl sites for hydroxylation is 1. The Labute approximate surface area is 196 Å². The first-order valence-corrected chi connectivity index (χ1v) is 11.1. The molecule has 2 atom stereocenters. The van der Waals surface area contributed by atoms with Crippen molar-refractivity contribution in [3.8, 4) is 0 Å². The number of nitrogens with zero attached hydrogens (tertiary/aromatic N) is 5. The normalized spacial score (nSPS) is 18.1. The van der Waals surface area contributed by atoms with E-state index in [-0.39, 0.29) is 23.5 Å². The number of halogens is 1. The molecule has 9 nitrogen and oxygen atoms in total. The first-order valence-electron chi connectivity index (χ1n) is 11.1. The number of pyridine rings is 1. The SMILES string of the molecule is COC(=O)c1cn([C@@H]2C[C@@H](C(=O)NCCc3ccc(F)cc3)N(Cc3cccc(C)n3)C2)nn1. The first-order chi connectivity index (χ1) is 16.4. The number of amides is 1. The van der Waals surface area contributed by atoms with E-state index in [1.165, 1.54) is 19.2 Å². The molecule has 2 aromatic heterocycles. The van der Waals surface area contributed by atoms with Gasteiger partial charge in [0, 0.05) is 25.3 Å². The molecule has 3 heterocycles. The molecule has 1 N–H and O–H groups in total. The molecule has 0 saturated carbocycles. The Kier molecular flexibility index (Phi) is 7.27. The Morgan fingerprint density at radius 2 is 2.00 bits per heavy atom. The molecule has 3 aromatic rings. The van der Waals surface area contributed by atoms with Gasteiger partial charge in [-0.2, -0.15) is 0 Å². The summed E-state index contributed by atoms with van der Waals surface area (Å²) >= 11 is 0. The van der Waals surface area contributed by atoms with Crippen LogP contribution in [0.5, 0.6) is 0 Å². The number of hydrogen-bond donors (Lipinski definition) is 1. The highest BCUT2D eigenvalue weighted by Gasteiger charge is 2.38. The number of hydrogen-bond acceptors (Lipinski definition) is 7. The summed E-state index contributed by atoms with van der Waals surface area (Å²) < 4.78 is 19.4. The minimum Gasteiger partial charge on any atom is -0.464 e. The summed E-state index contributed by atoms with van der Waals surface area (Å²) in [5.41, 5.74) is 2.86. The summed E-state index contributed by atoms with van der Waals surface area (Å²) in [6.45, 7) is 3.43. The summed E-state index contributed by atoms with van der Waals surface area (Å²) in [4.78, 5) is 31.5. The molecule has 1 aliphatic heterocycles. The van der Waals surface area contributed by atoms with Gasteiger partial charge in [0.05, 0.1) is 31.1 Å². The Bertz CT molecular complexity index is 1150. The number of methoxy groups -OCH3 is 1. The Morgan fingerprint density at radius 1 is 1.21 bits per heavy atom. The zero-order chi connectivity index (χ0) is 24.1. The van der Waals surface area contributed by atoms with Crippen LogP contribution in [0.2, 0.25) is 0 Å². The van der Waals surface area contributed by atoms with Crippen LogP contribution in [0.1, 0.15) is 39.9 Å². The number of rotatable bonds is 8. The molecular weight excluding hydrogens is 439 g/mol. The van der Waals surface area contributed by atoms with Crippen LogP contribution in [0.3, 0.4) is 0 Å². The van der Waals surface area contributed by atoms with E-state index >= 15 is 0 Å². The second-order valence-corrected chi connectivity index (χ2v) is 8.35. The van der Waals surface area contributed by atoms with Crippen LogP contribution < -0.4 is 5.32 Å². The number of ether oxygens (including phenoxy) is 1. The molecule has 0 radical (unpaired) electrons. The predicted octanol–water partition coefficient (Wildman–Crippen LogP) is 2.08. The molecule has 10 heteroatoms. The quantitative estimate of drug-likeness (QED) is 0.507. The minimum absolute atomic E-state index is 0.0921. The van der Waals surface area contributed by atoms with Gasteiger partial charge < -0.3 is 10.1 Å². The average molecular weight is 467 g/mol. The van der Waals surface area contributed by atoms with Gasteiger partial charge in [0.1, 0.15) is 5.82 Å². The molecule has 1 amide bonds. The lowest BCUT2D eigenvalue weighted by atomic mass is 10.1. The Balaban J connectivity index is 1.45. The van der Waals surface area contributed by atoms with E-state index in [4.69, 9.17) is 4.74 Å². The average Bonchev–Trinajstić information content (AvgIpc) is 3.47. The number of benzene rings is 1. The van der Waals surface area contributed by atoms with E-state index in [1.54, 1.807) is 23.0 Å². The minimum atomic E-state index is -0.555. The molecular formula is C24H27FN6O3. The molecule has 0 spiro atoms. The van der Waals surface area contributed by atoms with E-state index in [2.05, 4.69) is 25.5 Å². The Morgan fingerprint density at radius 3 is 2.74 bits per heavy atom. The van der Waals surface area contributed by atoms with Gasteiger partial charge in [-0.25, -0.2) is 13.9 Å². The summed E-state index contributed by atoms with van der Waals surface area (Å²) in [6, 6.07) is 11.5. The van der Waals surface area contributed by atoms with Crippen LogP contribution in [-0.2, 0) is 22.5 Å². The summed E-state index contributed by atoms with van der Waals surface area (Å²) in [5, 5.41) is 11.0. The van der Waals surface area contributed by atoms with Gasteiger partial charge in [-0.3, -0.25) is 14.7 Å². The van der Waals surface area contributed by atoms with E-state index in [0.717, 1.165) is 17.0 Å². The van der Waals surface area contributed by atoms with E-state index < -0.39 is 12.0 Å². The molecule has 1 saturated heterocycles. The predicted molar refractivity (Wildman–Crippen MR) is 121 cm³/mol.